The minimum absolute atomic E-state index is 0.0822. The molecular formula is C21H20ClFN8OS. The fraction of sp³-hybridized carbons (Fsp3) is 0.190. The summed E-state index contributed by atoms with van der Waals surface area (Å²) in [4.78, 5) is 26.1. The van der Waals surface area contributed by atoms with Crippen LogP contribution >= 0.6 is 23.9 Å². The van der Waals surface area contributed by atoms with E-state index in [4.69, 9.17) is 17.0 Å². The van der Waals surface area contributed by atoms with Crippen molar-refractivity contribution in [1.82, 2.24) is 28.8 Å². The van der Waals surface area contributed by atoms with Crippen molar-refractivity contribution in [2.45, 2.75) is 13.0 Å². The van der Waals surface area contributed by atoms with Crippen LogP contribution in [-0.2, 0) is 7.05 Å². The molecule has 4 rings (SSSR count). The Morgan fingerprint density at radius 1 is 1.30 bits per heavy atom. The van der Waals surface area contributed by atoms with Crippen molar-refractivity contribution in [3.63, 3.8) is 0 Å². The Balaban J connectivity index is 1.73. The van der Waals surface area contributed by atoms with E-state index >= 15 is 0 Å². The van der Waals surface area contributed by atoms with Gasteiger partial charge in [-0.2, -0.15) is 0 Å². The summed E-state index contributed by atoms with van der Waals surface area (Å²) in [6.07, 6.45) is 6.14. The summed E-state index contributed by atoms with van der Waals surface area (Å²) >= 11 is 5.97. The van der Waals surface area contributed by atoms with Gasteiger partial charge in [-0.3, -0.25) is 10.2 Å². The van der Waals surface area contributed by atoms with Crippen LogP contribution in [0.1, 0.15) is 40.4 Å². The van der Waals surface area contributed by atoms with Gasteiger partial charge in [0.15, 0.2) is 18.0 Å². The zero-order valence-corrected chi connectivity index (χ0v) is 19.5. The molecule has 3 N–H and O–H groups in total. The number of aryl methyl sites for hydroxylation is 1. The molecule has 170 valence electrons. The smallest absolute Gasteiger partial charge is 0.255 e. The Labute approximate surface area is 198 Å². The van der Waals surface area contributed by atoms with E-state index in [0.29, 0.717) is 22.1 Å². The maximum absolute atomic E-state index is 13.5. The molecule has 1 atom stereocenters. The van der Waals surface area contributed by atoms with E-state index in [9.17, 15) is 8.68 Å². The van der Waals surface area contributed by atoms with E-state index < -0.39 is 11.9 Å². The monoisotopic (exact) mass is 486 g/mol. The van der Waals surface area contributed by atoms with Gasteiger partial charge in [0.05, 0.1) is 23.5 Å². The first kappa shape index (κ1) is 22.7. The third kappa shape index (κ3) is 4.29. The summed E-state index contributed by atoms with van der Waals surface area (Å²) in [5.41, 5.74) is 2.03. The van der Waals surface area contributed by atoms with E-state index in [1.165, 1.54) is 12.4 Å². The number of hydrogen-bond acceptors (Lipinski definition) is 7. The first-order valence-corrected chi connectivity index (χ1v) is 10.9. The number of halogens is 2. The average molecular weight is 487 g/mol. The number of rotatable bonds is 7. The number of hydrogen-bond donors (Lipinski definition) is 3. The molecule has 12 heteroatoms. The predicted octanol–water partition coefficient (Wildman–Crippen LogP) is 4.15. The second-order valence-electron chi connectivity index (χ2n) is 7.27. The summed E-state index contributed by atoms with van der Waals surface area (Å²) in [6.45, 7) is 1.80. The van der Waals surface area contributed by atoms with Crippen LogP contribution in [0.4, 0.5) is 9.57 Å². The Morgan fingerprint density at radius 3 is 2.76 bits per heavy atom. The van der Waals surface area contributed by atoms with Crippen LogP contribution in [0.25, 0.3) is 11.2 Å². The summed E-state index contributed by atoms with van der Waals surface area (Å²) in [6, 6.07) is 4.68. The third-order valence-electron chi connectivity index (χ3n) is 5.15. The van der Waals surface area contributed by atoms with Crippen molar-refractivity contribution < 1.29 is 8.68 Å². The molecule has 1 amide bonds. The average Bonchev–Trinajstić information content (AvgIpc) is 3.41. The number of imidazole rings is 1. The molecule has 0 radical (unpaired) electrons. The number of benzene rings is 1. The fourth-order valence-corrected chi connectivity index (χ4v) is 4.03. The number of fused-ring (bicyclic) bond motifs is 1. The molecule has 0 bridgehead atoms. The van der Waals surface area contributed by atoms with Gasteiger partial charge in [-0.05, 0) is 25.1 Å². The SMILES string of the molecule is CNc1cc(Cl)ccc1C(=N)c1cnc2c(n1)c(C(=O)NC(C)c1nccn1C)cn2SF. The largest absolute Gasteiger partial charge is 0.388 e. The normalized spacial score (nSPS) is 12.0. The van der Waals surface area contributed by atoms with Crippen LogP contribution in [0.15, 0.2) is 43.0 Å². The van der Waals surface area contributed by atoms with E-state index in [1.807, 2.05) is 7.05 Å². The molecule has 3 aromatic heterocycles. The molecule has 0 aliphatic carbocycles. The molecule has 3 heterocycles. The highest BCUT2D eigenvalue weighted by atomic mass is 35.5. The standard InChI is InChI=1S/C21H20ClFN8OS/c1-11(19-26-6-7-30(19)3)28-21(32)14-10-31(33-23)20-18(14)29-16(9-27-20)17(24)13-5-4-12(22)8-15(13)25-2/h4-11,24-25H,1-3H3,(H,28,32). The molecule has 33 heavy (non-hydrogen) atoms. The number of amides is 1. The van der Waals surface area contributed by atoms with Crippen molar-refractivity contribution in [2.24, 2.45) is 7.05 Å². The molecule has 9 nitrogen and oxygen atoms in total. The lowest BCUT2D eigenvalue weighted by atomic mass is 10.1. The number of aromatic nitrogens is 5. The Hall–Kier alpha value is -3.44. The van der Waals surface area contributed by atoms with E-state index in [0.717, 1.165) is 3.97 Å². The van der Waals surface area contributed by atoms with Gasteiger partial charge < -0.3 is 15.2 Å². The van der Waals surface area contributed by atoms with Crippen LogP contribution < -0.4 is 10.6 Å². The van der Waals surface area contributed by atoms with Crippen molar-refractivity contribution in [2.75, 3.05) is 12.4 Å². The van der Waals surface area contributed by atoms with Crippen molar-refractivity contribution in [1.29, 1.82) is 5.41 Å². The van der Waals surface area contributed by atoms with Crippen molar-refractivity contribution >= 4 is 52.4 Å². The number of carbonyl (C=O) groups is 1. The highest BCUT2D eigenvalue weighted by Crippen LogP contribution is 2.26. The first-order chi connectivity index (χ1) is 15.8. The van der Waals surface area contributed by atoms with E-state index in [2.05, 4.69) is 25.6 Å². The molecule has 0 aliphatic rings. The highest BCUT2D eigenvalue weighted by molar-refractivity contribution is 7.92. The number of anilines is 1. The van der Waals surface area contributed by atoms with Crippen LogP contribution in [0.3, 0.4) is 0 Å². The molecule has 0 saturated carbocycles. The molecule has 0 saturated heterocycles. The lowest BCUT2D eigenvalue weighted by Gasteiger charge is -2.13. The molecule has 1 aromatic carbocycles. The molecule has 0 aliphatic heterocycles. The lowest BCUT2D eigenvalue weighted by Crippen LogP contribution is -2.28. The maximum Gasteiger partial charge on any atom is 0.255 e. The number of nitrogens with one attached hydrogen (secondary N) is 3. The topological polar surface area (TPSA) is 114 Å². The Kier molecular flexibility index (Phi) is 6.34. The number of carbonyl (C=O) groups excluding carboxylic acids is 1. The summed E-state index contributed by atoms with van der Waals surface area (Å²) in [7, 11) is 3.55. The molecule has 4 aromatic rings. The van der Waals surface area contributed by atoms with Gasteiger partial charge in [-0.15, -0.1) is 3.89 Å². The zero-order valence-electron chi connectivity index (χ0n) is 17.9. The Bertz CT molecular complexity index is 1370. The second-order valence-corrected chi connectivity index (χ2v) is 8.24. The van der Waals surface area contributed by atoms with Crippen molar-refractivity contribution in [3.05, 3.63) is 70.7 Å². The minimum atomic E-state index is -0.455. The Morgan fingerprint density at radius 2 is 2.09 bits per heavy atom. The molecule has 0 spiro atoms. The fourth-order valence-electron chi connectivity index (χ4n) is 3.52. The van der Waals surface area contributed by atoms with Gasteiger partial charge in [0, 0.05) is 49.0 Å². The zero-order chi connectivity index (χ0) is 23.7. The van der Waals surface area contributed by atoms with Gasteiger partial charge in [0.25, 0.3) is 5.91 Å². The van der Waals surface area contributed by atoms with Gasteiger partial charge >= 0.3 is 0 Å². The second kappa shape index (κ2) is 9.20. The van der Waals surface area contributed by atoms with Crippen LogP contribution in [0.2, 0.25) is 5.02 Å². The van der Waals surface area contributed by atoms with Crippen molar-refractivity contribution in [3.8, 4) is 0 Å². The summed E-state index contributed by atoms with van der Waals surface area (Å²) in [5.74, 6) is 0.214. The number of nitrogens with zero attached hydrogens (tertiary/aromatic N) is 5. The van der Waals surface area contributed by atoms with Gasteiger partial charge in [0.1, 0.15) is 17.0 Å². The van der Waals surface area contributed by atoms with Gasteiger partial charge in [-0.1, -0.05) is 11.6 Å². The molecular weight excluding hydrogens is 467 g/mol. The highest BCUT2D eigenvalue weighted by Gasteiger charge is 2.23. The minimum Gasteiger partial charge on any atom is -0.388 e. The van der Waals surface area contributed by atoms with Crippen LogP contribution in [0.5, 0.6) is 0 Å². The molecule has 0 fully saturated rings. The maximum atomic E-state index is 13.5. The van der Waals surface area contributed by atoms with E-state index in [-0.39, 0.29) is 40.5 Å². The third-order valence-corrected chi connectivity index (χ3v) is 5.81. The quantitative estimate of drug-likeness (QED) is 0.338. The molecule has 1 unspecified atom stereocenters. The van der Waals surface area contributed by atoms with Crippen LogP contribution in [0, 0.1) is 5.41 Å². The lowest BCUT2D eigenvalue weighted by molar-refractivity contribution is 0.0939. The predicted molar refractivity (Wildman–Crippen MR) is 128 cm³/mol. The van der Waals surface area contributed by atoms with E-state index in [1.54, 1.807) is 49.1 Å². The van der Waals surface area contributed by atoms with Gasteiger partial charge in [0.2, 0.25) is 0 Å². The van der Waals surface area contributed by atoms with Gasteiger partial charge in [-0.25, -0.2) is 18.9 Å². The summed E-state index contributed by atoms with van der Waals surface area (Å²) in [5, 5.41) is 15.0. The van der Waals surface area contributed by atoms with Crippen LogP contribution in [-0.4, -0.2) is 42.2 Å². The summed E-state index contributed by atoms with van der Waals surface area (Å²) < 4.78 is 16.5. The first-order valence-electron chi connectivity index (χ1n) is 9.86.